The minimum atomic E-state index is -3.72. The zero-order valence-corrected chi connectivity index (χ0v) is 14.9. The van der Waals surface area contributed by atoms with Crippen LogP contribution in [-0.4, -0.2) is 34.1 Å². The Morgan fingerprint density at radius 3 is 2.35 bits per heavy atom. The fourth-order valence-corrected chi connectivity index (χ4v) is 2.73. The molecule has 0 saturated carbocycles. The van der Waals surface area contributed by atoms with E-state index in [0.29, 0.717) is 18.7 Å². The third-order valence-corrected chi connectivity index (χ3v) is 4.46. The largest absolute Gasteiger partial charge is 0.465 e. The standard InChI is InChI=1S/C17H19N3O5S/c1-25-16(21)14-4-2-3-5-15(14)20-17(22)19-11-10-12-6-8-13(9-7-12)26(18,23)24/h2-9H,10-11H2,1H3,(H2,18,23,24)(H2,19,20,22). The Hall–Kier alpha value is -2.91. The Balaban J connectivity index is 1.89. The second kappa shape index (κ2) is 8.45. The SMILES string of the molecule is COC(=O)c1ccccc1NC(=O)NCCc1ccc(S(N)(=O)=O)cc1. The van der Waals surface area contributed by atoms with Crippen LogP contribution >= 0.6 is 0 Å². The molecule has 26 heavy (non-hydrogen) atoms. The Morgan fingerprint density at radius 1 is 1.08 bits per heavy atom. The number of hydrogen-bond acceptors (Lipinski definition) is 5. The van der Waals surface area contributed by atoms with Gasteiger partial charge in [-0.25, -0.2) is 23.1 Å². The summed E-state index contributed by atoms with van der Waals surface area (Å²) >= 11 is 0. The van der Waals surface area contributed by atoms with Gasteiger partial charge in [0.05, 0.1) is 23.3 Å². The van der Waals surface area contributed by atoms with Gasteiger partial charge in [0.2, 0.25) is 10.0 Å². The van der Waals surface area contributed by atoms with E-state index in [1.165, 1.54) is 19.2 Å². The zero-order valence-electron chi connectivity index (χ0n) is 14.1. The fraction of sp³-hybridized carbons (Fsp3) is 0.176. The number of hydrogen-bond donors (Lipinski definition) is 3. The lowest BCUT2D eigenvalue weighted by molar-refractivity contribution is 0.0602. The summed E-state index contributed by atoms with van der Waals surface area (Å²) in [6, 6.07) is 12.1. The van der Waals surface area contributed by atoms with Gasteiger partial charge in [0.25, 0.3) is 0 Å². The van der Waals surface area contributed by atoms with Crippen molar-refractivity contribution < 1.29 is 22.7 Å². The van der Waals surface area contributed by atoms with E-state index in [0.717, 1.165) is 5.56 Å². The van der Waals surface area contributed by atoms with Crippen LogP contribution in [0.2, 0.25) is 0 Å². The number of esters is 1. The van der Waals surface area contributed by atoms with Crippen LogP contribution in [-0.2, 0) is 21.2 Å². The van der Waals surface area contributed by atoms with E-state index < -0.39 is 22.0 Å². The maximum absolute atomic E-state index is 12.0. The van der Waals surface area contributed by atoms with Crippen molar-refractivity contribution in [2.75, 3.05) is 19.0 Å². The van der Waals surface area contributed by atoms with Gasteiger partial charge < -0.3 is 15.4 Å². The topological polar surface area (TPSA) is 128 Å². The van der Waals surface area contributed by atoms with Crippen molar-refractivity contribution >= 4 is 27.7 Å². The predicted octanol–water partition coefficient (Wildman–Crippen LogP) is 1.48. The van der Waals surface area contributed by atoms with Crippen molar-refractivity contribution in [1.82, 2.24) is 5.32 Å². The van der Waals surface area contributed by atoms with Gasteiger partial charge in [0, 0.05) is 6.54 Å². The van der Waals surface area contributed by atoms with Crippen molar-refractivity contribution in [3.05, 3.63) is 59.7 Å². The van der Waals surface area contributed by atoms with Gasteiger partial charge in [-0.2, -0.15) is 0 Å². The van der Waals surface area contributed by atoms with E-state index in [9.17, 15) is 18.0 Å². The number of nitrogens with two attached hydrogens (primary N) is 1. The number of primary sulfonamides is 1. The van der Waals surface area contributed by atoms with E-state index in [4.69, 9.17) is 5.14 Å². The van der Waals surface area contributed by atoms with Crippen molar-refractivity contribution in [3.8, 4) is 0 Å². The number of ether oxygens (including phenoxy) is 1. The van der Waals surface area contributed by atoms with Crippen LogP contribution in [0.1, 0.15) is 15.9 Å². The molecular weight excluding hydrogens is 358 g/mol. The van der Waals surface area contributed by atoms with Gasteiger partial charge in [-0.15, -0.1) is 0 Å². The van der Waals surface area contributed by atoms with Crippen molar-refractivity contribution in [3.63, 3.8) is 0 Å². The lowest BCUT2D eigenvalue weighted by Crippen LogP contribution is -2.31. The Labute approximate surface area is 151 Å². The van der Waals surface area contributed by atoms with Gasteiger partial charge in [-0.3, -0.25) is 0 Å². The average Bonchev–Trinajstić information content (AvgIpc) is 2.61. The Bertz CT molecular complexity index is 895. The van der Waals surface area contributed by atoms with E-state index in [-0.39, 0.29) is 10.5 Å². The van der Waals surface area contributed by atoms with E-state index in [1.54, 1.807) is 36.4 Å². The molecule has 8 nitrogen and oxygen atoms in total. The van der Waals surface area contributed by atoms with E-state index in [1.807, 2.05) is 0 Å². The van der Waals surface area contributed by atoms with Crippen LogP contribution in [0.4, 0.5) is 10.5 Å². The van der Waals surface area contributed by atoms with Gasteiger partial charge in [-0.05, 0) is 36.2 Å². The molecule has 4 N–H and O–H groups in total. The Morgan fingerprint density at radius 2 is 1.73 bits per heavy atom. The number of amides is 2. The first-order valence-electron chi connectivity index (χ1n) is 7.65. The van der Waals surface area contributed by atoms with Crippen LogP contribution in [0.25, 0.3) is 0 Å². The molecule has 0 atom stereocenters. The third kappa shape index (κ3) is 5.30. The molecule has 9 heteroatoms. The van der Waals surface area contributed by atoms with Crippen LogP contribution < -0.4 is 15.8 Å². The number of para-hydroxylation sites is 1. The van der Waals surface area contributed by atoms with Crippen molar-refractivity contribution in [2.45, 2.75) is 11.3 Å². The molecule has 0 aromatic heterocycles. The summed E-state index contributed by atoms with van der Waals surface area (Å²) in [6.07, 6.45) is 0.497. The molecule has 0 unspecified atom stereocenters. The molecule has 138 valence electrons. The second-order valence-corrected chi connectivity index (χ2v) is 6.92. The Kier molecular flexibility index (Phi) is 6.31. The fourth-order valence-electron chi connectivity index (χ4n) is 2.21. The van der Waals surface area contributed by atoms with E-state index in [2.05, 4.69) is 15.4 Å². The van der Waals surface area contributed by atoms with Gasteiger partial charge in [0.15, 0.2) is 0 Å². The summed E-state index contributed by atoms with van der Waals surface area (Å²) in [4.78, 5) is 23.7. The van der Waals surface area contributed by atoms with Crippen LogP contribution in [0.15, 0.2) is 53.4 Å². The van der Waals surface area contributed by atoms with Crippen LogP contribution in [0, 0.1) is 0 Å². The maximum atomic E-state index is 12.0. The number of urea groups is 1. The minimum absolute atomic E-state index is 0.0337. The zero-order chi connectivity index (χ0) is 19.2. The first-order chi connectivity index (χ1) is 12.3. The minimum Gasteiger partial charge on any atom is -0.465 e. The van der Waals surface area contributed by atoms with E-state index >= 15 is 0 Å². The molecular formula is C17H19N3O5S. The highest BCUT2D eigenvalue weighted by Crippen LogP contribution is 2.15. The summed E-state index contributed by atoms with van der Waals surface area (Å²) in [5.41, 5.74) is 1.44. The summed E-state index contributed by atoms with van der Waals surface area (Å²) < 4.78 is 27.1. The van der Waals surface area contributed by atoms with Crippen molar-refractivity contribution in [2.24, 2.45) is 5.14 Å². The first-order valence-corrected chi connectivity index (χ1v) is 9.20. The number of carbonyl (C=O) groups is 2. The molecule has 0 saturated heterocycles. The summed E-state index contributed by atoms with van der Waals surface area (Å²) in [7, 11) is -2.45. The molecule has 2 amide bonds. The highest BCUT2D eigenvalue weighted by Gasteiger charge is 2.13. The molecule has 0 bridgehead atoms. The van der Waals surface area contributed by atoms with Gasteiger partial charge in [0.1, 0.15) is 0 Å². The lowest BCUT2D eigenvalue weighted by atomic mass is 10.1. The molecule has 0 heterocycles. The van der Waals surface area contributed by atoms with Gasteiger partial charge in [-0.1, -0.05) is 24.3 Å². The van der Waals surface area contributed by atoms with Gasteiger partial charge >= 0.3 is 12.0 Å². The molecule has 0 radical (unpaired) electrons. The number of anilines is 1. The molecule has 2 rings (SSSR count). The number of methoxy groups -OCH3 is 1. The number of rotatable bonds is 6. The molecule has 2 aromatic carbocycles. The smallest absolute Gasteiger partial charge is 0.339 e. The summed E-state index contributed by atoms with van der Waals surface area (Å²) in [5.74, 6) is -0.546. The maximum Gasteiger partial charge on any atom is 0.339 e. The normalized spacial score (nSPS) is 10.8. The summed E-state index contributed by atoms with van der Waals surface area (Å²) in [5, 5.41) is 10.3. The number of benzene rings is 2. The monoisotopic (exact) mass is 377 g/mol. The number of carbonyl (C=O) groups excluding carboxylic acids is 2. The molecule has 2 aromatic rings. The average molecular weight is 377 g/mol. The first kappa shape index (κ1) is 19.4. The molecule has 0 aliphatic heterocycles. The lowest BCUT2D eigenvalue weighted by Gasteiger charge is -2.11. The number of nitrogens with one attached hydrogen (secondary N) is 2. The molecule has 0 aliphatic carbocycles. The highest BCUT2D eigenvalue weighted by molar-refractivity contribution is 7.89. The predicted molar refractivity (Wildman–Crippen MR) is 96.3 cm³/mol. The highest BCUT2D eigenvalue weighted by atomic mass is 32.2. The quantitative estimate of drug-likeness (QED) is 0.657. The molecule has 0 aliphatic rings. The number of sulfonamides is 1. The third-order valence-electron chi connectivity index (χ3n) is 3.53. The van der Waals surface area contributed by atoms with Crippen LogP contribution in [0.3, 0.4) is 0 Å². The summed E-state index contributed by atoms with van der Waals surface area (Å²) in [6.45, 7) is 0.320. The molecule has 0 fully saturated rings. The molecule has 0 spiro atoms. The second-order valence-electron chi connectivity index (χ2n) is 5.36. The van der Waals surface area contributed by atoms with Crippen LogP contribution in [0.5, 0.6) is 0 Å². The van der Waals surface area contributed by atoms with Crippen molar-refractivity contribution in [1.29, 1.82) is 0 Å².